The number of hydrogen-bond donors (Lipinski definition) is 1. The second-order valence-electron chi connectivity index (χ2n) is 9.74. The van der Waals surface area contributed by atoms with Crippen LogP contribution in [0.3, 0.4) is 0 Å². The number of para-hydroxylation sites is 1. The minimum atomic E-state index is -0.724. The number of likely N-dealkylation sites (N-methyl/N-ethyl adjacent to an activating group) is 1. The molecule has 2 aliphatic heterocycles. The first-order valence-electron chi connectivity index (χ1n) is 12.0. The number of hydrogen-bond acceptors (Lipinski definition) is 4. The fourth-order valence-corrected chi connectivity index (χ4v) is 5.30. The molecule has 8 nitrogen and oxygen atoms in total. The Morgan fingerprint density at radius 3 is 2.36 bits per heavy atom. The van der Waals surface area contributed by atoms with E-state index in [1.807, 2.05) is 51.2 Å². The van der Waals surface area contributed by atoms with Gasteiger partial charge in [0.05, 0.1) is 13.2 Å². The maximum absolute atomic E-state index is 13.5. The molecule has 1 N–H and O–H groups in total. The lowest BCUT2D eigenvalue weighted by Crippen LogP contribution is -2.60. The fourth-order valence-electron chi connectivity index (χ4n) is 5.07. The Labute approximate surface area is 216 Å². The molecule has 0 radical (unpaired) electrons. The van der Waals surface area contributed by atoms with Crippen molar-refractivity contribution in [1.29, 1.82) is 0 Å². The number of rotatable bonds is 5. The van der Waals surface area contributed by atoms with Crippen molar-refractivity contribution in [3.8, 4) is 0 Å². The van der Waals surface area contributed by atoms with E-state index in [1.54, 1.807) is 9.80 Å². The van der Waals surface area contributed by atoms with E-state index in [0.29, 0.717) is 38.2 Å². The maximum atomic E-state index is 13.5. The van der Waals surface area contributed by atoms with Gasteiger partial charge in [-0.1, -0.05) is 55.8 Å². The molecule has 36 heavy (non-hydrogen) atoms. The van der Waals surface area contributed by atoms with Gasteiger partial charge in [-0.25, -0.2) is 4.85 Å². The van der Waals surface area contributed by atoms with Crippen LogP contribution in [0.2, 0.25) is 5.02 Å². The van der Waals surface area contributed by atoms with Crippen LogP contribution in [-0.4, -0.2) is 65.9 Å². The smallest absolute Gasteiger partial charge is 0.251 e. The predicted molar refractivity (Wildman–Crippen MR) is 139 cm³/mol. The van der Waals surface area contributed by atoms with Gasteiger partial charge in [-0.15, -0.1) is 0 Å². The number of carbonyl (C=O) groups excluding carboxylic acids is 3. The molecule has 2 saturated heterocycles. The van der Waals surface area contributed by atoms with Crippen LogP contribution < -0.4 is 10.2 Å². The van der Waals surface area contributed by atoms with Crippen LogP contribution in [0.25, 0.3) is 4.85 Å². The molecule has 2 aromatic rings. The Morgan fingerprint density at radius 2 is 1.78 bits per heavy atom. The van der Waals surface area contributed by atoms with E-state index < -0.39 is 17.5 Å². The van der Waals surface area contributed by atoms with Crippen LogP contribution in [0.15, 0.2) is 48.5 Å². The number of anilines is 1. The molecular formula is C27H30ClN5O3. The molecule has 2 aromatic carbocycles. The van der Waals surface area contributed by atoms with Crippen LogP contribution >= 0.6 is 11.6 Å². The molecule has 4 rings (SSSR count). The molecule has 0 unspecified atom stereocenters. The molecule has 2 fully saturated rings. The lowest BCUT2D eigenvalue weighted by atomic mass is 9.85. The predicted octanol–water partition coefficient (Wildman–Crippen LogP) is 3.94. The molecule has 1 atom stereocenters. The molecule has 0 aromatic heterocycles. The Morgan fingerprint density at radius 1 is 1.11 bits per heavy atom. The van der Waals surface area contributed by atoms with E-state index in [1.165, 1.54) is 18.2 Å². The second kappa shape index (κ2) is 10.2. The zero-order valence-corrected chi connectivity index (χ0v) is 21.5. The van der Waals surface area contributed by atoms with Crippen LogP contribution in [-0.2, 0) is 9.59 Å². The topological polar surface area (TPSA) is 77.3 Å². The van der Waals surface area contributed by atoms with E-state index in [-0.39, 0.29) is 28.4 Å². The number of nitrogens with one attached hydrogen (secondary N) is 1. The summed E-state index contributed by atoms with van der Waals surface area (Å²) in [6.07, 6.45) is 1.03. The summed E-state index contributed by atoms with van der Waals surface area (Å²) >= 11 is 6.09. The van der Waals surface area contributed by atoms with E-state index in [4.69, 9.17) is 18.2 Å². The molecule has 1 spiro atoms. The highest BCUT2D eigenvalue weighted by molar-refractivity contribution is 6.33. The van der Waals surface area contributed by atoms with Gasteiger partial charge in [0.1, 0.15) is 11.6 Å². The summed E-state index contributed by atoms with van der Waals surface area (Å²) in [6, 6.07) is 13.6. The molecule has 2 aliphatic rings. The minimum absolute atomic E-state index is 0.0758. The third-order valence-corrected chi connectivity index (χ3v) is 7.44. The zero-order valence-electron chi connectivity index (χ0n) is 20.7. The normalized spacial score (nSPS) is 17.9. The van der Waals surface area contributed by atoms with Crippen molar-refractivity contribution >= 4 is 40.7 Å². The van der Waals surface area contributed by atoms with Crippen LogP contribution in [0.1, 0.15) is 37.0 Å². The number of piperidine rings is 1. The van der Waals surface area contributed by atoms with Gasteiger partial charge in [0.2, 0.25) is 17.5 Å². The number of benzene rings is 2. The Hall–Kier alpha value is -3.57. The molecule has 9 heteroatoms. The molecule has 0 aliphatic carbocycles. The van der Waals surface area contributed by atoms with Crippen molar-refractivity contribution in [2.75, 3.05) is 31.7 Å². The lowest BCUT2D eigenvalue weighted by Gasteiger charge is -2.44. The molecule has 2 heterocycles. The highest BCUT2D eigenvalue weighted by Crippen LogP contribution is 2.39. The quantitative estimate of drug-likeness (QED) is 0.622. The standard InChI is InChI=1S/C27H30ClN5O3/c1-18(2)23(30-24(34)19-10-11-22(29-3)21(28)16-19)25(35)32-14-12-27(13-15-32)26(36)31(4)17-33(27)20-8-6-5-7-9-20/h5-11,16,18,23H,12-15,17H2,1-2,4H3,(H,30,34)/t23-/m1/s1. The van der Waals surface area contributed by atoms with Crippen LogP contribution in [0.4, 0.5) is 11.4 Å². The summed E-state index contributed by atoms with van der Waals surface area (Å²) in [5, 5.41) is 3.05. The molecule has 188 valence electrons. The fraction of sp³-hybridized carbons (Fsp3) is 0.407. The van der Waals surface area contributed by atoms with Gasteiger partial charge in [-0.05, 0) is 37.0 Å². The molecule has 0 bridgehead atoms. The average Bonchev–Trinajstić information content (AvgIpc) is 3.12. The zero-order chi connectivity index (χ0) is 26.0. The summed E-state index contributed by atoms with van der Waals surface area (Å²) in [5.41, 5.74) is 0.875. The number of nitrogens with zero attached hydrogens (tertiary/aromatic N) is 4. The number of amides is 3. The average molecular weight is 508 g/mol. The highest BCUT2D eigenvalue weighted by atomic mass is 35.5. The summed E-state index contributed by atoms with van der Waals surface area (Å²) in [5.74, 6) is -0.652. The van der Waals surface area contributed by atoms with Gasteiger partial charge >= 0.3 is 0 Å². The lowest BCUT2D eigenvalue weighted by molar-refractivity contribution is -0.139. The van der Waals surface area contributed by atoms with Crippen molar-refractivity contribution in [2.24, 2.45) is 5.92 Å². The van der Waals surface area contributed by atoms with E-state index in [2.05, 4.69) is 15.1 Å². The van der Waals surface area contributed by atoms with Gasteiger partial charge in [0, 0.05) is 36.4 Å². The van der Waals surface area contributed by atoms with Gasteiger partial charge in [-0.3, -0.25) is 14.4 Å². The first-order valence-corrected chi connectivity index (χ1v) is 12.4. The Balaban J connectivity index is 1.48. The third-order valence-electron chi connectivity index (χ3n) is 7.13. The summed E-state index contributed by atoms with van der Waals surface area (Å²) in [7, 11) is 1.81. The van der Waals surface area contributed by atoms with Crippen LogP contribution in [0, 0.1) is 12.5 Å². The minimum Gasteiger partial charge on any atom is -0.341 e. The maximum Gasteiger partial charge on any atom is 0.251 e. The Bertz CT molecular complexity index is 1200. The van der Waals surface area contributed by atoms with Crippen molar-refractivity contribution in [2.45, 2.75) is 38.3 Å². The molecule has 3 amide bonds. The third kappa shape index (κ3) is 4.63. The number of carbonyl (C=O) groups is 3. The molecular weight excluding hydrogens is 478 g/mol. The van der Waals surface area contributed by atoms with Gasteiger partial charge in [-0.2, -0.15) is 0 Å². The van der Waals surface area contributed by atoms with Crippen molar-refractivity contribution < 1.29 is 14.4 Å². The Kier molecular flexibility index (Phi) is 7.23. The largest absolute Gasteiger partial charge is 0.341 e. The summed E-state index contributed by atoms with van der Waals surface area (Å²) in [6.45, 7) is 12.2. The van der Waals surface area contributed by atoms with Gasteiger partial charge in [0.25, 0.3) is 5.91 Å². The summed E-state index contributed by atoms with van der Waals surface area (Å²) < 4.78 is 0. The SMILES string of the molecule is [C-]#[N+]c1ccc(C(=O)N[C@@H](C(=O)N2CCC3(CC2)C(=O)N(C)CN3c2ccccc2)C(C)C)cc1Cl. The molecule has 0 saturated carbocycles. The van der Waals surface area contributed by atoms with Crippen LogP contribution in [0.5, 0.6) is 0 Å². The number of halogens is 1. The van der Waals surface area contributed by atoms with Gasteiger partial charge in [0.15, 0.2) is 0 Å². The second-order valence-corrected chi connectivity index (χ2v) is 10.1. The first kappa shape index (κ1) is 25.5. The van der Waals surface area contributed by atoms with Crippen molar-refractivity contribution in [3.63, 3.8) is 0 Å². The van der Waals surface area contributed by atoms with E-state index in [0.717, 1.165) is 5.69 Å². The van der Waals surface area contributed by atoms with Crippen molar-refractivity contribution in [3.05, 3.63) is 70.5 Å². The first-order chi connectivity index (χ1) is 17.2. The monoisotopic (exact) mass is 507 g/mol. The van der Waals surface area contributed by atoms with E-state index in [9.17, 15) is 14.4 Å². The van der Waals surface area contributed by atoms with Gasteiger partial charge < -0.3 is 20.0 Å². The summed E-state index contributed by atoms with van der Waals surface area (Å²) in [4.78, 5) is 48.6. The van der Waals surface area contributed by atoms with E-state index >= 15 is 0 Å². The van der Waals surface area contributed by atoms with Crippen molar-refractivity contribution in [1.82, 2.24) is 15.1 Å². The number of likely N-dealkylation sites (tertiary alicyclic amines) is 1. The highest BCUT2D eigenvalue weighted by Gasteiger charge is 2.53.